The third-order valence-corrected chi connectivity index (χ3v) is 9.61. The van der Waals surface area contributed by atoms with E-state index < -0.39 is 51.2 Å². The van der Waals surface area contributed by atoms with Crippen LogP contribution in [0.1, 0.15) is 22.1 Å². The summed E-state index contributed by atoms with van der Waals surface area (Å²) in [5, 5.41) is -0.790. The number of nitrogens with zero attached hydrogens (tertiary/aromatic N) is 3. The molecular formula is C25H20F3N3O6S2. The Hall–Kier alpha value is -3.36. The van der Waals surface area contributed by atoms with Gasteiger partial charge in [-0.1, -0.05) is 35.2 Å². The van der Waals surface area contributed by atoms with Crippen LogP contribution in [-0.4, -0.2) is 58.7 Å². The Balaban J connectivity index is 1.43. The summed E-state index contributed by atoms with van der Waals surface area (Å²) in [5.74, 6) is -3.63. The van der Waals surface area contributed by atoms with E-state index in [0.29, 0.717) is 46.9 Å². The number of benzene rings is 1. The zero-order chi connectivity index (χ0) is 27.5. The van der Waals surface area contributed by atoms with Gasteiger partial charge in [0, 0.05) is 13.1 Å². The van der Waals surface area contributed by atoms with E-state index in [1.54, 1.807) is 17.0 Å². The number of hydrogen-bond donors (Lipinski definition) is 0. The lowest BCUT2D eigenvalue weighted by molar-refractivity contribution is -0.137. The summed E-state index contributed by atoms with van der Waals surface area (Å²) in [6, 6.07) is 7.61. The number of anilines is 1. The molecule has 204 valence electrons. The maximum atomic E-state index is 13.8. The number of ether oxygens (including phenoxy) is 1. The highest BCUT2D eigenvalue weighted by Crippen LogP contribution is 2.54. The number of para-hydroxylation sites is 1. The number of morpholine rings is 1. The van der Waals surface area contributed by atoms with Crippen LogP contribution in [0, 0.1) is 5.92 Å². The maximum Gasteiger partial charge on any atom is 0.418 e. The highest BCUT2D eigenvalue weighted by molar-refractivity contribution is 8.00. The molecule has 3 amide bonds. The monoisotopic (exact) mass is 579 g/mol. The van der Waals surface area contributed by atoms with Crippen molar-refractivity contribution < 1.29 is 36.7 Å². The van der Waals surface area contributed by atoms with Crippen molar-refractivity contribution in [1.82, 2.24) is 9.47 Å². The number of thiazole rings is 1. The minimum Gasteiger partial charge on any atom is -0.469 e. The normalized spacial score (nSPS) is 23.2. The number of thioether (sulfide) groups is 1. The van der Waals surface area contributed by atoms with E-state index >= 15 is 0 Å². The van der Waals surface area contributed by atoms with Crippen molar-refractivity contribution in [1.29, 1.82) is 0 Å². The van der Waals surface area contributed by atoms with Crippen LogP contribution in [0.15, 0.2) is 56.9 Å². The number of fused-ring (bicyclic) bond motifs is 2. The van der Waals surface area contributed by atoms with Crippen LogP contribution in [0.5, 0.6) is 0 Å². The van der Waals surface area contributed by atoms with Gasteiger partial charge in [0.2, 0.25) is 17.7 Å². The zero-order valence-corrected chi connectivity index (χ0v) is 21.7. The van der Waals surface area contributed by atoms with Crippen molar-refractivity contribution in [3.63, 3.8) is 0 Å². The molecule has 39 heavy (non-hydrogen) atoms. The van der Waals surface area contributed by atoms with E-state index in [2.05, 4.69) is 0 Å². The number of hydrogen-bond acceptors (Lipinski definition) is 8. The number of carbonyl (C=O) groups excluding carboxylic acids is 3. The van der Waals surface area contributed by atoms with Crippen LogP contribution in [0.2, 0.25) is 0 Å². The number of rotatable bonds is 4. The van der Waals surface area contributed by atoms with Crippen molar-refractivity contribution in [2.75, 3.05) is 31.2 Å². The summed E-state index contributed by atoms with van der Waals surface area (Å²) in [6.07, 6.45) is -3.41. The number of halogens is 3. The van der Waals surface area contributed by atoms with Crippen LogP contribution >= 0.6 is 23.1 Å². The summed E-state index contributed by atoms with van der Waals surface area (Å²) < 4.78 is 53.6. The van der Waals surface area contributed by atoms with Crippen LogP contribution in [0.25, 0.3) is 0 Å². The molecule has 3 aliphatic heterocycles. The average molecular weight is 580 g/mol. The Morgan fingerprint density at radius 3 is 2.46 bits per heavy atom. The van der Waals surface area contributed by atoms with E-state index in [9.17, 15) is 32.3 Å². The largest absolute Gasteiger partial charge is 0.469 e. The first-order valence-corrected chi connectivity index (χ1v) is 13.7. The standard InChI is InChI=1S/C25H20F3N3O6S2/c26-25(27,28)13-4-1-2-5-14(13)31-21(33)18-17(15-6-3-9-37-15)20-23(38-19(18)22(31)34)30(24(35)39-20)12-16(32)29-7-10-36-11-8-29/h1-6,9,17-19H,7-8,10-12H2. The van der Waals surface area contributed by atoms with Crippen molar-refractivity contribution in [2.45, 2.75) is 28.9 Å². The quantitative estimate of drug-likeness (QED) is 0.438. The van der Waals surface area contributed by atoms with Crippen LogP contribution < -0.4 is 9.77 Å². The van der Waals surface area contributed by atoms with Gasteiger partial charge in [0.15, 0.2) is 0 Å². The fourth-order valence-corrected chi connectivity index (χ4v) is 7.98. The van der Waals surface area contributed by atoms with Gasteiger partial charge in [-0.3, -0.25) is 23.7 Å². The first-order valence-electron chi connectivity index (χ1n) is 12.0. The molecule has 2 fully saturated rings. The molecule has 0 saturated carbocycles. The predicted molar refractivity (Wildman–Crippen MR) is 134 cm³/mol. The third-order valence-electron chi connectivity index (χ3n) is 7.01. The summed E-state index contributed by atoms with van der Waals surface area (Å²) in [6.45, 7) is 1.25. The number of amides is 3. The second-order valence-electron chi connectivity index (χ2n) is 9.20. The topological polar surface area (TPSA) is 102 Å². The van der Waals surface area contributed by atoms with Crippen molar-refractivity contribution in [3.05, 3.63) is 68.5 Å². The Kier molecular flexibility index (Phi) is 6.43. The number of imide groups is 1. The molecule has 6 rings (SSSR count). The van der Waals surface area contributed by atoms with Gasteiger partial charge >= 0.3 is 11.0 Å². The Bertz CT molecular complexity index is 1510. The highest BCUT2D eigenvalue weighted by atomic mass is 32.2. The average Bonchev–Trinajstić information content (AvgIpc) is 3.61. The van der Waals surface area contributed by atoms with Gasteiger partial charge in [0.25, 0.3) is 0 Å². The highest BCUT2D eigenvalue weighted by Gasteiger charge is 2.58. The Labute approximate surface area is 227 Å². The molecular weight excluding hydrogens is 559 g/mol. The predicted octanol–water partition coefficient (Wildman–Crippen LogP) is 3.18. The van der Waals surface area contributed by atoms with E-state index in [-0.39, 0.29) is 12.5 Å². The summed E-state index contributed by atoms with van der Waals surface area (Å²) in [5.41, 5.74) is -1.65. The lowest BCUT2D eigenvalue weighted by Crippen LogP contribution is -2.43. The molecule has 3 atom stereocenters. The molecule has 0 bridgehead atoms. The van der Waals surface area contributed by atoms with E-state index in [1.807, 2.05) is 0 Å². The van der Waals surface area contributed by atoms with E-state index in [0.717, 1.165) is 35.2 Å². The van der Waals surface area contributed by atoms with Gasteiger partial charge in [0.1, 0.15) is 17.6 Å². The smallest absolute Gasteiger partial charge is 0.418 e. The molecule has 1 aromatic carbocycles. The first kappa shape index (κ1) is 25.9. The molecule has 3 aliphatic rings. The molecule has 9 nitrogen and oxygen atoms in total. The van der Waals surface area contributed by atoms with E-state index in [1.165, 1.54) is 23.0 Å². The second kappa shape index (κ2) is 9.68. The van der Waals surface area contributed by atoms with Gasteiger partial charge in [-0.2, -0.15) is 13.2 Å². The molecule has 3 aromatic rings. The number of carbonyl (C=O) groups is 3. The molecule has 2 aromatic heterocycles. The van der Waals surface area contributed by atoms with Gasteiger partial charge in [-0.05, 0) is 24.3 Å². The van der Waals surface area contributed by atoms with Crippen molar-refractivity contribution in [2.24, 2.45) is 5.92 Å². The molecule has 3 unspecified atom stereocenters. The van der Waals surface area contributed by atoms with Crippen LogP contribution in [0.3, 0.4) is 0 Å². The zero-order valence-electron chi connectivity index (χ0n) is 20.1. The van der Waals surface area contributed by atoms with Crippen LogP contribution in [-0.2, 0) is 31.8 Å². The number of aromatic nitrogens is 1. The SMILES string of the molecule is O=C(Cn1c2c(sc1=O)C(c1ccco1)C1C(=O)N(c3ccccc3C(F)(F)F)C(=O)C1S2)N1CCOCC1. The summed E-state index contributed by atoms with van der Waals surface area (Å²) in [4.78, 5) is 55.7. The van der Waals surface area contributed by atoms with Gasteiger partial charge in [-0.15, -0.1) is 0 Å². The fraction of sp³-hybridized carbons (Fsp3) is 0.360. The van der Waals surface area contributed by atoms with Crippen molar-refractivity contribution in [3.8, 4) is 0 Å². The lowest BCUT2D eigenvalue weighted by Gasteiger charge is -2.30. The van der Waals surface area contributed by atoms with Gasteiger partial charge in [-0.25, -0.2) is 4.90 Å². The molecule has 14 heteroatoms. The number of furan rings is 1. The molecule has 0 aliphatic carbocycles. The lowest BCUT2D eigenvalue weighted by atomic mass is 9.86. The van der Waals surface area contributed by atoms with E-state index in [4.69, 9.17) is 9.15 Å². The maximum absolute atomic E-state index is 13.8. The van der Waals surface area contributed by atoms with Gasteiger partial charge < -0.3 is 14.1 Å². The minimum absolute atomic E-state index is 0.275. The Morgan fingerprint density at radius 2 is 1.77 bits per heavy atom. The summed E-state index contributed by atoms with van der Waals surface area (Å²) in [7, 11) is 0. The Morgan fingerprint density at radius 1 is 1.03 bits per heavy atom. The van der Waals surface area contributed by atoms with Gasteiger partial charge in [0.05, 0.1) is 52.5 Å². The molecule has 2 saturated heterocycles. The number of alkyl halides is 3. The fourth-order valence-electron chi connectivity index (χ4n) is 5.22. The first-order chi connectivity index (χ1) is 18.7. The minimum atomic E-state index is -4.79. The molecule has 0 radical (unpaired) electrons. The second-order valence-corrected chi connectivity index (χ2v) is 11.3. The summed E-state index contributed by atoms with van der Waals surface area (Å²) >= 11 is 1.77. The molecule has 0 N–H and O–H groups in total. The molecule has 5 heterocycles. The molecule has 0 spiro atoms. The third kappa shape index (κ3) is 4.30. The van der Waals surface area contributed by atoms with Crippen molar-refractivity contribution >= 4 is 46.5 Å². The van der Waals surface area contributed by atoms with Crippen LogP contribution in [0.4, 0.5) is 18.9 Å².